The van der Waals surface area contributed by atoms with Gasteiger partial charge in [-0.2, -0.15) is 0 Å². The van der Waals surface area contributed by atoms with Crippen molar-refractivity contribution in [1.29, 1.82) is 0 Å². The van der Waals surface area contributed by atoms with Crippen LogP contribution in [0.1, 0.15) is 23.2 Å². The van der Waals surface area contributed by atoms with E-state index in [4.69, 9.17) is 9.84 Å². The van der Waals surface area contributed by atoms with Gasteiger partial charge in [0.15, 0.2) is 5.78 Å². The lowest BCUT2D eigenvalue weighted by atomic mass is 10.1. The largest absolute Gasteiger partial charge is 0.481 e. The van der Waals surface area contributed by atoms with Gasteiger partial charge in [-0.15, -0.1) is 0 Å². The van der Waals surface area contributed by atoms with Crippen molar-refractivity contribution in [2.75, 3.05) is 0 Å². The molecule has 0 saturated carbocycles. The number of benzene rings is 2. The van der Waals surface area contributed by atoms with E-state index in [1.54, 1.807) is 24.3 Å². The number of non-ortho nitro benzene ring substituents is 1. The summed E-state index contributed by atoms with van der Waals surface area (Å²) >= 11 is 0. The zero-order valence-corrected chi connectivity index (χ0v) is 12.0. The van der Waals surface area contributed by atoms with Gasteiger partial charge in [0.25, 0.3) is 5.69 Å². The Bertz CT molecular complexity index is 721. The predicted octanol–water partition coefficient (Wildman–Crippen LogP) is 3.43. The summed E-state index contributed by atoms with van der Waals surface area (Å²) < 4.78 is 5.52. The van der Waals surface area contributed by atoms with Crippen molar-refractivity contribution in [2.45, 2.75) is 12.8 Å². The molecule has 0 aliphatic rings. The van der Waals surface area contributed by atoms with Gasteiger partial charge in [-0.3, -0.25) is 19.7 Å². The smallest absolute Gasteiger partial charge is 0.303 e. The van der Waals surface area contributed by atoms with Crippen molar-refractivity contribution in [1.82, 2.24) is 0 Å². The van der Waals surface area contributed by atoms with E-state index >= 15 is 0 Å². The fourth-order valence-corrected chi connectivity index (χ4v) is 1.85. The highest BCUT2D eigenvalue weighted by Gasteiger charge is 2.09. The van der Waals surface area contributed by atoms with Crippen LogP contribution in [0.3, 0.4) is 0 Å². The lowest BCUT2D eigenvalue weighted by Crippen LogP contribution is -2.03. The molecule has 2 rings (SSSR count). The van der Waals surface area contributed by atoms with Crippen LogP contribution in [0.5, 0.6) is 11.5 Å². The van der Waals surface area contributed by atoms with E-state index in [0.29, 0.717) is 17.1 Å². The first-order chi connectivity index (χ1) is 11.0. The molecule has 7 nitrogen and oxygen atoms in total. The van der Waals surface area contributed by atoms with Crippen LogP contribution in [0.15, 0.2) is 48.5 Å². The molecule has 118 valence electrons. The lowest BCUT2D eigenvalue weighted by Gasteiger charge is -2.06. The number of nitrogens with zero attached hydrogens (tertiary/aromatic N) is 1. The first-order valence-corrected chi connectivity index (χ1v) is 6.73. The van der Waals surface area contributed by atoms with Gasteiger partial charge >= 0.3 is 5.97 Å². The number of rotatable bonds is 7. The molecule has 0 heterocycles. The molecular weight excluding hydrogens is 302 g/mol. The van der Waals surface area contributed by atoms with Gasteiger partial charge in [0, 0.05) is 24.1 Å². The number of ketones is 1. The Balaban J connectivity index is 2.00. The minimum atomic E-state index is -1.02. The van der Waals surface area contributed by atoms with Crippen molar-refractivity contribution in [2.24, 2.45) is 0 Å². The lowest BCUT2D eigenvalue weighted by molar-refractivity contribution is -0.384. The van der Waals surface area contributed by atoms with Crippen LogP contribution < -0.4 is 4.74 Å². The maximum atomic E-state index is 11.8. The monoisotopic (exact) mass is 315 g/mol. The number of carbonyl (C=O) groups is 2. The van der Waals surface area contributed by atoms with Crippen molar-refractivity contribution >= 4 is 17.4 Å². The SMILES string of the molecule is O=C(O)CCC(=O)c1ccc(Oc2ccc([N+](=O)[O-])cc2)cc1. The Morgan fingerprint density at radius 1 is 0.957 bits per heavy atom. The molecule has 0 spiro atoms. The summed E-state index contributed by atoms with van der Waals surface area (Å²) in [4.78, 5) is 32.3. The molecule has 0 aliphatic carbocycles. The summed E-state index contributed by atoms with van der Waals surface area (Å²) in [6.07, 6.45) is -0.266. The average Bonchev–Trinajstić information content (AvgIpc) is 2.54. The average molecular weight is 315 g/mol. The van der Waals surface area contributed by atoms with E-state index in [9.17, 15) is 19.7 Å². The highest BCUT2D eigenvalue weighted by molar-refractivity contribution is 5.97. The van der Waals surface area contributed by atoms with Crippen LogP contribution >= 0.6 is 0 Å². The zero-order valence-electron chi connectivity index (χ0n) is 12.0. The highest BCUT2D eigenvalue weighted by atomic mass is 16.6. The van der Waals surface area contributed by atoms with E-state index < -0.39 is 10.9 Å². The van der Waals surface area contributed by atoms with E-state index in [0.717, 1.165) is 0 Å². The molecule has 2 aromatic rings. The van der Waals surface area contributed by atoms with E-state index in [-0.39, 0.29) is 24.3 Å². The minimum Gasteiger partial charge on any atom is -0.481 e. The molecule has 23 heavy (non-hydrogen) atoms. The third-order valence-electron chi connectivity index (χ3n) is 3.03. The summed E-state index contributed by atoms with van der Waals surface area (Å²) in [6, 6.07) is 11.9. The first-order valence-electron chi connectivity index (χ1n) is 6.73. The predicted molar refractivity (Wildman–Crippen MR) is 80.8 cm³/mol. The standard InChI is InChI=1S/C16H13NO6/c18-15(9-10-16(19)20)11-1-5-13(6-2-11)23-14-7-3-12(4-8-14)17(21)22/h1-8H,9-10H2,(H,19,20). The molecular formula is C16H13NO6. The van der Waals surface area contributed by atoms with Gasteiger partial charge in [-0.05, 0) is 36.4 Å². The molecule has 1 N–H and O–H groups in total. The van der Waals surface area contributed by atoms with Gasteiger partial charge in [0.1, 0.15) is 11.5 Å². The molecule has 7 heteroatoms. The second-order valence-electron chi connectivity index (χ2n) is 4.69. The van der Waals surface area contributed by atoms with Gasteiger partial charge in [-0.1, -0.05) is 0 Å². The van der Waals surface area contributed by atoms with Gasteiger partial charge in [-0.25, -0.2) is 0 Å². The Labute approximate surface area is 131 Å². The maximum Gasteiger partial charge on any atom is 0.303 e. The first kappa shape index (κ1) is 16.2. The van der Waals surface area contributed by atoms with Crippen LogP contribution in [0.25, 0.3) is 0 Å². The molecule has 0 fully saturated rings. The molecule has 0 radical (unpaired) electrons. The normalized spacial score (nSPS) is 10.1. The van der Waals surface area contributed by atoms with Gasteiger partial charge in [0.05, 0.1) is 11.3 Å². The minimum absolute atomic E-state index is 0.0308. The second-order valence-corrected chi connectivity index (χ2v) is 4.69. The van der Waals surface area contributed by atoms with Gasteiger partial charge in [0.2, 0.25) is 0 Å². The molecule has 0 saturated heterocycles. The third kappa shape index (κ3) is 4.63. The van der Waals surface area contributed by atoms with Crippen LogP contribution in [-0.4, -0.2) is 21.8 Å². The van der Waals surface area contributed by atoms with Crippen molar-refractivity contribution in [3.8, 4) is 11.5 Å². The van der Waals surface area contributed by atoms with Crippen LogP contribution in [-0.2, 0) is 4.79 Å². The molecule has 0 unspecified atom stereocenters. The van der Waals surface area contributed by atoms with E-state index in [1.807, 2.05) is 0 Å². The van der Waals surface area contributed by atoms with E-state index in [2.05, 4.69) is 0 Å². The Morgan fingerprint density at radius 3 is 1.96 bits per heavy atom. The Kier molecular flexibility index (Phi) is 5.03. The van der Waals surface area contributed by atoms with Gasteiger partial charge < -0.3 is 9.84 Å². The molecule has 0 aromatic heterocycles. The zero-order chi connectivity index (χ0) is 16.8. The molecule has 0 bridgehead atoms. The number of hydrogen-bond acceptors (Lipinski definition) is 5. The molecule has 0 amide bonds. The third-order valence-corrected chi connectivity index (χ3v) is 3.03. The fraction of sp³-hybridized carbons (Fsp3) is 0.125. The molecule has 0 atom stereocenters. The number of hydrogen-bond donors (Lipinski definition) is 1. The summed E-state index contributed by atoms with van der Waals surface area (Å²) in [5.41, 5.74) is 0.374. The topological polar surface area (TPSA) is 107 Å². The van der Waals surface area contributed by atoms with Crippen LogP contribution in [0.2, 0.25) is 0 Å². The molecule has 0 aliphatic heterocycles. The quantitative estimate of drug-likeness (QED) is 0.476. The van der Waals surface area contributed by atoms with Crippen LogP contribution in [0.4, 0.5) is 5.69 Å². The number of carboxylic acids is 1. The summed E-state index contributed by atoms with van der Waals surface area (Å²) in [6.45, 7) is 0. The number of nitro groups is 1. The number of aliphatic carboxylic acids is 1. The maximum absolute atomic E-state index is 11.8. The number of Topliss-reactive ketones (excluding diaryl/α,β-unsaturated/α-hetero) is 1. The summed E-state index contributed by atoms with van der Waals surface area (Å²) in [7, 11) is 0. The number of carbonyl (C=O) groups excluding carboxylic acids is 1. The summed E-state index contributed by atoms with van der Waals surface area (Å²) in [5.74, 6) is -0.375. The summed E-state index contributed by atoms with van der Waals surface area (Å²) in [5, 5.41) is 19.1. The van der Waals surface area contributed by atoms with Crippen molar-refractivity contribution in [3.63, 3.8) is 0 Å². The number of carboxylic acid groups (broad SMARTS) is 1. The highest BCUT2D eigenvalue weighted by Crippen LogP contribution is 2.24. The van der Waals surface area contributed by atoms with Crippen LogP contribution in [0, 0.1) is 10.1 Å². The van der Waals surface area contributed by atoms with E-state index in [1.165, 1.54) is 24.3 Å². The number of nitro benzene ring substituents is 1. The second kappa shape index (κ2) is 7.17. The Hall–Kier alpha value is -3.22. The Morgan fingerprint density at radius 2 is 1.48 bits per heavy atom. The van der Waals surface area contributed by atoms with Crippen molar-refractivity contribution < 1.29 is 24.4 Å². The number of ether oxygens (including phenoxy) is 1. The van der Waals surface area contributed by atoms with Crippen molar-refractivity contribution in [3.05, 3.63) is 64.2 Å². The fourth-order valence-electron chi connectivity index (χ4n) is 1.85. The molecule has 2 aromatic carbocycles.